The number of hydrogen-bond donors (Lipinski definition) is 2. The minimum Gasteiger partial charge on any atom is -0.491 e. The van der Waals surface area contributed by atoms with E-state index in [2.05, 4.69) is 0 Å². The summed E-state index contributed by atoms with van der Waals surface area (Å²) in [6.45, 7) is 0.184. The molecule has 0 bridgehead atoms. The third-order valence-corrected chi connectivity index (χ3v) is 6.46. The van der Waals surface area contributed by atoms with Crippen LogP contribution in [0.1, 0.15) is 0 Å². The van der Waals surface area contributed by atoms with E-state index in [1.807, 2.05) is 0 Å². The van der Waals surface area contributed by atoms with Gasteiger partial charge < -0.3 is 19.7 Å². The Bertz CT molecular complexity index is 623. The van der Waals surface area contributed by atoms with Gasteiger partial charge in [0.25, 0.3) is 0 Å². The Labute approximate surface area is 144 Å². The zero-order valence-corrected chi connectivity index (χ0v) is 14.4. The molecule has 2 aromatic carbocycles. The van der Waals surface area contributed by atoms with Crippen LogP contribution in [0.3, 0.4) is 0 Å². The lowest BCUT2D eigenvalue weighted by Gasteiger charge is -2.07. The number of rotatable bonds is 9. The summed E-state index contributed by atoms with van der Waals surface area (Å²) in [7, 11) is -3.44. The van der Waals surface area contributed by atoms with Gasteiger partial charge in [-0.05, 0) is 48.5 Å². The van der Waals surface area contributed by atoms with Crippen LogP contribution in [0.25, 0.3) is 0 Å². The Kier molecular flexibility index (Phi) is 7.38. The summed E-state index contributed by atoms with van der Waals surface area (Å²) in [5, 5.41) is 17.4. The Morgan fingerprint density at radius 2 is 1.00 bits per heavy atom. The van der Waals surface area contributed by atoms with Gasteiger partial charge in [-0.15, -0.1) is 0 Å². The topological polar surface area (TPSA) is 93.1 Å². The summed E-state index contributed by atoms with van der Waals surface area (Å²) in [5.41, 5.74) is 0. The molecule has 2 N–H and O–H groups in total. The van der Waals surface area contributed by atoms with Crippen molar-refractivity contribution in [3.8, 4) is 11.5 Å². The van der Waals surface area contributed by atoms with Crippen molar-refractivity contribution in [2.24, 2.45) is 0 Å². The van der Waals surface area contributed by atoms with Gasteiger partial charge in [0.1, 0.15) is 44.4 Å². The van der Waals surface area contributed by atoms with Crippen molar-refractivity contribution >= 4 is 19.7 Å². The lowest BCUT2D eigenvalue weighted by Crippen LogP contribution is -2.04. The maximum Gasteiger partial charge on any atom is 0.148 e. The van der Waals surface area contributed by atoms with Crippen LogP contribution in [-0.2, 0) is 19.7 Å². The van der Waals surface area contributed by atoms with Gasteiger partial charge in [0, 0.05) is 0 Å². The molecular weight excluding hydrogens is 352 g/mol. The Morgan fingerprint density at radius 3 is 1.29 bits per heavy atom. The normalized spacial score (nSPS) is 13.2. The SMILES string of the molecule is O=S(c1ccc(OCCO)cc1)S(=O)c1ccc(OCCO)cc1. The van der Waals surface area contributed by atoms with E-state index in [1.165, 1.54) is 0 Å². The third-order valence-electron chi connectivity index (χ3n) is 2.89. The fourth-order valence-electron chi connectivity index (χ4n) is 1.80. The fraction of sp³-hybridized carbons (Fsp3) is 0.250. The molecule has 0 saturated heterocycles. The maximum absolute atomic E-state index is 12.4. The lowest BCUT2D eigenvalue weighted by atomic mass is 10.3. The van der Waals surface area contributed by atoms with E-state index in [9.17, 15) is 8.42 Å². The van der Waals surface area contributed by atoms with Crippen molar-refractivity contribution in [2.45, 2.75) is 9.79 Å². The molecule has 0 fully saturated rings. The first kappa shape index (κ1) is 18.6. The first-order valence-corrected chi connectivity index (χ1v) is 9.99. The van der Waals surface area contributed by atoms with E-state index in [4.69, 9.17) is 19.7 Å². The molecule has 0 aromatic heterocycles. The second-order valence-corrected chi connectivity index (χ2v) is 8.25. The summed E-state index contributed by atoms with van der Waals surface area (Å²) in [5.74, 6) is 1.09. The Balaban J connectivity index is 2.04. The van der Waals surface area contributed by atoms with Crippen molar-refractivity contribution in [1.82, 2.24) is 0 Å². The van der Waals surface area contributed by atoms with Gasteiger partial charge in [-0.2, -0.15) is 0 Å². The minimum atomic E-state index is -1.72. The monoisotopic (exact) mass is 370 g/mol. The molecule has 0 amide bonds. The summed E-state index contributed by atoms with van der Waals surface area (Å²) >= 11 is 0. The molecule has 2 aromatic rings. The zero-order valence-electron chi connectivity index (χ0n) is 12.8. The largest absolute Gasteiger partial charge is 0.491 e. The fourth-order valence-corrected chi connectivity index (χ4v) is 4.58. The Hall–Kier alpha value is -1.74. The van der Waals surface area contributed by atoms with E-state index >= 15 is 0 Å². The molecule has 6 nitrogen and oxygen atoms in total. The predicted molar refractivity (Wildman–Crippen MR) is 90.9 cm³/mol. The lowest BCUT2D eigenvalue weighted by molar-refractivity contribution is 0.201. The molecule has 130 valence electrons. The van der Waals surface area contributed by atoms with Crippen molar-refractivity contribution in [3.63, 3.8) is 0 Å². The standard InChI is InChI=1S/C16H18O6S2/c17-9-11-21-13-1-5-15(6-2-13)23(19)24(20)16-7-3-14(4-8-16)22-12-10-18/h1-8,17-18H,9-12H2. The molecule has 2 atom stereocenters. The van der Waals surface area contributed by atoms with Crippen molar-refractivity contribution in [2.75, 3.05) is 26.4 Å². The van der Waals surface area contributed by atoms with Crippen LogP contribution < -0.4 is 9.47 Å². The van der Waals surface area contributed by atoms with E-state index in [0.717, 1.165) is 0 Å². The third kappa shape index (κ3) is 5.13. The number of aliphatic hydroxyl groups is 2. The molecule has 24 heavy (non-hydrogen) atoms. The van der Waals surface area contributed by atoms with Crippen LogP contribution in [0.5, 0.6) is 11.5 Å². The number of hydrogen-bond acceptors (Lipinski definition) is 6. The summed E-state index contributed by atoms with van der Waals surface area (Å²) < 4.78 is 35.2. The first-order chi connectivity index (χ1) is 11.7. The Morgan fingerprint density at radius 1 is 0.667 bits per heavy atom. The molecule has 2 rings (SSSR count). The molecule has 0 radical (unpaired) electrons. The first-order valence-electron chi connectivity index (χ1n) is 7.17. The van der Waals surface area contributed by atoms with Crippen LogP contribution in [0.2, 0.25) is 0 Å². The second-order valence-electron chi connectivity index (χ2n) is 4.56. The molecule has 0 aliphatic heterocycles. The smallest absolute Gasteiger partial charge is 0.148 e. The van der Waals surface area contributed by atoms with E-state index in [1.54, 1.807) is 48.5 Å². The quantitative estimate of drug-likeness (QED) is 0.646. The minimum absolute atomic E-state index is 0.0876. The molecular formula is C16H18O6S2. The van der Waals surface area contributed by atoms with Crippen LogP contribution in [0, 0.1) is 0 Å². The van der Waals surface area contributed by atoms with Crippen molar-refractivity contribution < 1.29 is 28.1 Å². The van der Waals surface area contributed by atoms with Gasteiger partial charge in [-0.3, -0.25) is 0 Å². The molecule has 8 heteroatoms. The second kappa shape index (κ2) is 9.53. The average molecular weight is 370 g/mol. The van der Waals surface area contributed by atoms with Gasteiger partial charge in [0.15, 0.2) is 0 Å². The molecule has 0 aliphatic rings. The summed E-state index contributed by atoms with van der Waals surface area (Å²) in [6.07, 6.45) is 0. The van der Waals surface area contributed by atoms with Crippen LogP contribution in [0.15, 0.2) is 58.3 Å². The van der Waals surface area contributed by atoms with E-state index in [0.29, 0.717) is 21.3 Å². The van der Waals surface area contributed by atoms with Crippen molar-refractivity contribution in [1.29, 1.82) is 0 Å². The number of ether oxygens (including phenoxy) is 2. The highest BCUT2D eigenvalue weighted by atomic mass is 33.1. The van der Waals surface area contributed by atoms with E-state index < -0.39 is 19.7 Å². The molecule has 0 saturated carbocycles. The highest BCUT2D eigenvalue weighted by Gasteiger charge is 2.15. The van der Waals surface area contributed by atoms with Gasteiger partial charge in [-0.25, -0.2) is 8.42 Å². The van der Waals surface area contributed by atoms with Crippen LogP contribution >= 0.6 is 0 Å². The number of benzene rings is 2. The zero-order chi connectivity index (χ0) is 17.4. The highest BCUT2D eigenvalue weighted by molar-refractivity contribution is 8.61. The van der Waals surface area contributed by atoms with Crippen LogP contribution in [0.4, 0.5) is 0 Å². The van der Waals surface area contributed by atoms with E-state index in [-0.39, 0.29) is 26.4 Å². The van der Waals surface area contributed by atoms with Crippen LogP contribution in [-0.4, -0.2) is 45.1 Å². The van der Waals surface area contributed by atoms with Gasteiger partial charge in [0.2, 0.25) is 0 Å². The molecule has 0 aliphatic carbocycles. The number of aliphatic hydroxyl groups excluding tert-OH is 2. The maximum atomic E-state index is 12.4. The van der Waals surface area contributed by atoms with Crippen molar-refractivity contribution in [3.05, 3.63) is 48.5 Å². The van der Waals surface area contributed by atoms with Gasteiger partial charge in [-0.1, -0.05) is 0 Å². The van der Waals surface area contributed by atoms with Gasteiger partial charge >= 0.3 is 0 Å². The summed E-state index contributed by atoms with van der Waals surface area (Å²) in [6, 6.07) is 12.8. The average Bonchev–Trinajstić information content (AvgIpc) is 2.64. The molecule has 2 unspecified atom stereocenters. The highest BCUT2D eigenvalue weighted by Crippen LogP contribution is 2.21. The summed E-state index contributed by atoms with van der Waals surface area (Å²) in [4.78, 5) is 0.843. The molecule has 0 heterocycles. The predicted octanol–water partition coefficient (Wildman–Crippen LogP) is 1.26. The van der Waals surface area contributed by atoms with Gasteiger partial charge in [0.05, 0.1) is 23.0 Å². The molecule has 0 spiro atoms.